The number of halogens is 4. The number of benzene rings is 1. The minimum atomic E-state index is -5.00. The Hall–Kier alpha value is -1.79. The van der Waals surface area contributed by atoms with E-state index in [1.165, 1.54) is 0 Å². The van der Waals surface area contributed by atoms with Crippen molar-refractivity contribution >= 4 is 5.97 Å². The molecular weight excluding hydrogens is 232 g/mol. The summed E-state index contributed by atoms with van der Waals surface area (Å²) in [5, 5.41) is 0. The smallest absolute Gasteiger partial charge is 0.427 e. The number of esters is 1. The van der Waals surface area contributed by atoms with Crippen LogP contribution in [0.1, 0.15) is 6.92 Å². The van der Waals surface area contributed by atoms with Gasteiger partial charge in [-0.3, -0.25) is 4.79 Å². The first kappa shape index (κ1) is 12.3. The summed E-state index contributed by atoms with van der Waals surface area (Å²) in [6.07, 6.45) is -5.00. The number of hydrogen-bond donors (Lipinski definition) is 0. The average molecular weight is 238 g/mol. The lowest BCUT2D eigenvalue weighted by molar-refractivity contribution is -0.275. The molecule has 0 N–H and O–H groups in total. The highest BCUT2D eigenvalue weighted by Crippen LogP contribution is 2.29. The van der Waals surface area contributed by atoms with Crippen LogP contribution in [0.5, 0.6) is 11.5 Å². The number of hydrogen-bond acceptors (Lipinski definition) is 3. The monoisotopic (exact) mass is 238 g/mol. The molecule has 0 saturated carbocycles. The van der Waals surface area contributed by atoms with E-state index >= 15 is 0 Å². The van der Waals surface area contributed by atoms with Crippen LogP contribution in [-0.4, -0.2) is 12.3 Å². The fourth-order valence-electron chi connectivity index (χ4n) is 0.916. The lowest BCUT2D eigenvalue weighted by Gasteiger charge is -2.10. The largest absolute Gasteiger partial charge is 0.573 e. The van der Waals surface area contributed by atoms with Crippen molar-refractivity contribution in [1.82, 2.24) is 0 Å². The van der Waals surface area contributed by atoms with Crippen molar-refractivity contribution in [3.05, 3.63) is 24.0 Å². The van der Waals surface area contributed by atoms with Gasteiger partial charge < -0.3 is 9.47 Å². The normalized spacial score (nSPS) is 11.1. The van der Waals surface area contributed by atoms with Crippen molar-refractivity contribution in [2.45, 2.75) is 13.3 Å². The third-order valence-corrected chi connectivity index (χ3v) is 1.39. The summed E-state index contributed by atoms with van der Waals surface area (Å²) in [7, 11) is 0. The van der Waals surface area contributed by atoms with Crippen LogP contribution in [-0.2, 0) is 4.79 Å². The summed E-state index contributed by atoms with van der Waals surface area (Å²) in [5.74, 6) is -3.21. The summed E-state index contributed by atoms with van der Waals surface area (Å²) in [6, 6.07) is 2.36. The Labute approximate surface area is 87.6 Å². The topological polar surface area (TPSA) is 35.5 Å². The van der Waals surface area contributed by atoms with Crippen molar-refractivity contribution in [2.75, 3.05) is 0 Å². The minimum absolute atomic E-state index is 0.229. The van der Waals surface area contributed by atoms with Gasteiger partial charge in [-0.1, -0.05) is 0 Å². The molecular formula is C9H6F4O3. The van der Waals surface area contributed by atoms with Crippen molar-refractivity contribution in [2.24, 2.45) is 0 Å². The standard InChI is InChI=1S/C9H6F4O3/c1-5(14)15-6-2-3-7(10)8(4-6)16-9(11,12)13/h2-4H,1H3. The van der Waals surface area contributed by atoms with Crippen molar-refractivity contribution < 1.29 is 31.8 Å². The highest BCUT2D eigenvalue weighted by molar-refractivity contribution is 5.69. The maximum Gasteiger partial charge on any atom is 0.573 e. The zero-order valence-corrected chi connectivity index (χ0v) is 7.97. The molecule has 0 radical (unpaired) electrons. The maximum atomic E-state index is 12.9. The van der Waals surface area contributed by atoms with E-state index in [1.54, 1.807) is 0 Å². The van der Waals surface area contributed by atoms with Crippen LogP contribution in [0.15, 0.2) is 18.2 Å². The van der Waals surface area contributed by atoms with Crippen LogP contribution >= 0.6 is 0 Å². The molecule has 1 aromatic carbocycles. The average Bonchev–Trinajstić information content (AvgIpc) is 2.07. The summed E-state index contributed by atoms with van der Waals surface area (Å²) in [5.41, 5.74) is 0. The van der Waals surface area contributed by atoms with Gasteiger partial charge in [-0.2, -0.15) is 0 Å². The van der Waals surface area contributed by atoms with E-state index in [4.69, 9.17) is 0 Å². The molecule has 3 nitrogen and oxygen atoms in total. The summed E-state index contributed by atoms with van der Waals surface area (Å²) in [6.45, 7) is 1.06. The van der Waals surface area contributed by atoms with Gasteiger partial charge in [0.1, 0.15) is 5.75 Å². The molecule has 16 heavy (non-hydrogen) atoms. The quantitative estimate of drug-likeness (QED) is 0.451. The Kier molecular flexibility index (Phi) is 3.36. The second kappa shape index (κ2) is 4.38. The molecule has 1 rings (SSSR count). The van der Waals surface area contributed by atoms with Crippen LogP contribution < -0.4 is 9.47 Å². The van der Waals surface area contributed by atoms with E-state index in [1.807, 2.05) is 0 Å². The van der Waals surface area contributed by atoms with Gasteiger partial charge in [0.15, 0.2) is 11.6 Å². The van der Waals surface area contributed by atoms with Crippen molar-refractivity contribution in [3.8, 4) is 11.5 Å². The number of rotatable bonds is 2. The Balaban J connectivity index is 2.95. The minimum Gasteiger partial charge on any atom is -0.427 e. The van der Waals surface area contributed by atoms with E-state index in [9.17, 15) is 22.4 Å². The van der Waals surface area contributed by atoms with Gasteiger partial charge in [0, 0.05) is 13.0 Å². The molecule has 0 bridgehead atoms. The molecule has 0 saturated heterocycles. The summed E-state index contributed by atoms with van der Waals surface area (Å²) in [4.78, 5) is 10.5. The van der Waals surface area contributed by atoms with Crippen molar-refractivity contribution in [3.63, 3.8) is 0 Å². The SMILES string of the molecule is CC(=O)Oc1ccc(F)c(OC(F)(F)F)c1. The predicted octanol–water partition coefficient (Wildman–Crippen LogP) is 2.65. The van der Waals surface area contributed by atoms with Gasteiger partial charge in [-0.25, -0.2) is 4.39 Å². The zero-order valence-electron chi connectivity index (χ0n) is 7.97. The molecule has 88 valence electrons. The molecule has 0 aliphatic rings. The van der Waals surface area contributed by atoms with Gasteiger partial charge in [-0.15, -0.1) is 13.2 Å². The molecule has 7 heteroatoms. The van der Waals surface area contributed by atoms with Crippen LogP contribution in [0.2, 0.25) is 0 Å². The highest BCUT2D eigenvalue weighted by Gasteiger charge is 2.32. The highest BCUT2D eigenvalue weighted by atomic mass is 19.4. The first-order valence-electron chi connectivity index (χ1n) is 4.01. The van der Waals surface area contributed by atoms with Gasteiger partial charge in [0.2, 0.25) is 0 Å². The molecule has 0 spiro atoms. The fraction of sp³-hybridized carbons (Fsp3) is 0.222. The number of alkyl halides is 3. The maximum absolute atomic E-state index is 12.9. The van der Waals surface area contributed by atoms with Gasteiger partial charge in [0.05, 0.1) is 0 Å². The van der Waals surface area contributed by atoms with E-state index in [2.05, 4.69) is 9.47 Å². The molecule has 0 aromatic heterocycles. The van der Waals surface area contributed by atoms with Gasteiger partial charge >= 0.3 is 12.3 Å². The Morgan fingerprint density at radius 2 is 1.94 bits per heavy atom. The van der Waals surface area contributed by atoms with Crippen LogP contribution in [0, 0.1) is 5.82 Å². The van der Waals surface area contributed by atoms with E-state index in [0.717, 1.165) is 13.0 Å². The second-order valence-corrected chi connectivity index (χ2v) is 2.73. The van der Waals surface area contributed by atoms with E-state index < -0.39 is 23.9 Å². The molecule has 0 heterocycles. The third kappa shape index (κ3) is 3.76. The molecule has 0 aliphatic heterocycles. The molecule has 0 aliphatic carbocycles. The van der Waals surface area contributed by atoms with Gasteiger partial charge in [-0.05, 0) is 12.1 Å². The first-order valence-corrected chi connectivity index (χ1v) is 4.01. The predicted molar refractivity (Wildman–Crippen MR) is 44.4 cm³/mol. The molecule has 0 amide bonds. The molecule has 0 atom stereocenters. The zero-order chi connectivity index (χ0) is 12.3. The second-order valence-electron chi connectivity index (χ2n) is 2.73. The Morgan fingerprint density at radius 1 is 1.31 bits per heavy atom. The molecule has 0 unspecified atom stereocenters. The summed E-state index contributed by atoms with van der Waals surface area (Å²) >= 11 is 0. The van der Waals surface area contributed by atoms with E-state index in [0.29, 0.717) is 12.1 Å². The van der Waals surface area contributed by atoms with Crippen LogP contribution in [0.4, 0.5) is 17.6 Å². The van der Waals surface area contributed by atoms with Crippen molar-refractivity contribution in [1.29, 1.82) is 0 Å². The number of carbonyl (C=O) groups excluding carboxylic acids is 1. The number of carbonyl (C=O) groups is 1. The van der Waals surface area contributed by atoms with Gasteiger partial charge in [0.25, 0.3) is 0 Å². The first-order chi connectivity index (χ1) is 7.28. The Bertz CT molecular complexity index is 400. The summed E-state index contributed by atoms with van der Waals surface area (Å²) < 4.78 is 56.2. The fourth-order valence-corrected chi connectivity index (χ4v) is 0.916. The lowest BCUT2D eigenvalue weighted by Crippen LogP contribution is -2.18. The molecule has 1 aromatic rings. The van der Waals surface area contributed by atoms with Crippen LogP contribution in [0.3, 0.4) is 0 Å². The lowest BCUT2D eigenvalue weighted by atomic mass is 10.3. The number of ether oxygens (including phenoxy) is 2. The molecule has 0 fully saturated rings. The van der Waals surface area contributed by atoms with Crippen LogP contribution in [0.25, 0.3) is 0 Å². The van der Waals surface area contributed by atoms with E-state index in [-0.39, 0.29) is 5.75 Å². The Morgan fingerprint density at radius 3 is 2.44 bits per heavy atom. The third-order valence-electron chi connectivity index (χ3n) is 1.39.